The summed E-state index contributed by atoms with van der Waals surface area (Å²) in [6, 6.07) is 13.7. The lowest BCUT2D eigenvalue weighted by Gasteiger charge is -2.09. The van der Waals surface area contributed by atoms with Gasteiger partial charge in [0, 0.05) is 12.2 Å². The molecule has 2 rings (SSSR count). The van der Waals surface area contributed by atoms with E-state index in [9.17, 15) is 5.11 Å². The molecule has 0 atom stereocenters. The molecule has 17 heavy (non-hydrogen) atoms. The molecule has 0 unspecified atom stereocenters. The average Bonchev–Trinajstić information content (AvgIpc) is 2.25. The van der Waals surface area contributed by atoms with E-state index in [2.05, 4.69) is 37.4 Å². The van der Waals surface area contributed by atoms with Crippen molar-refractivity contribution in [2.45, 2.75) is 20.4 Å². The third-order valence-electron chi connectivity index (χ3n) is 2.63. The van der Waals surface area contributed by atoms with Gasteiger partial charge in [0.1, 0.15) is 5.75 Å². The highest BCUT2D eigenvalue weighted by molar-refractivity contribution is 5.48. The van der Waals surface area contributed by atoms with Crippen molar-refractivity contribution >= 4 is 5.69 Å². The molecule has 2 aromatic carbocycles. The van der Waals surface area contributed by atoms with Gasteiger partial charge in [-0.1, -0.05) is 18.2 Å². The summed E-state index contributed by atoms with van der Waals surface area (Å²) in [5.41, 5.74) is 4.70. The number of hydrogen-bond acceptors (Lipinski definition) is 2. The second-order valence-electron chi connectivity index (χ2n) is 4.40. The molecule has 0 fully saturated rings. The van der Waals surface area contributed by atoms with Crippen LogP contribution in [-0.4, -0.2) is 5.11 Å². The monoisotopic (exact) mass is 227 g/mol. The molecule has 0 aliphatic heterocycles. The fourth-order valence-electron chi connectivity index (χ4n) is 1.95. The molecule has 0 heterocycles. The average molecular weight is 227 g/mol. The van der Waals surface area contributed by atoms with E-state index in [-0.39, 0.29) is 0 Å². The van der Waals surface area contributed by atoms with Crippen LogP contribution in [0.2, 0.25) is 0 Å². The lowest BCUT2D eigenvalue weighted by Crippen LogP contribution is -1.99. The SMILES string of the molecule is Cc1cc(C)cc(NCc2cccc(O)c2)c1. The molecular weight excluding hydrogens is 210 g/mol. The lowest BCUT2D eigenvalue weighted by molar-refractivity contribution is 0.474. The highest BCUT2D eigenvalue weighted by Gasteiger charge is 1.97. The molecule has 2 nitrogen and oxygen atoms in total. The molecule has 0 saturated carbocycles. The maximum atomic E-state index is 9.37. The van der Waals surface area contributed by atoms with E-state index in [4.69, 9.17) is 0 Å². The van der Waals surface area contributed by atoms with Crippen LogP contribution in [0.1, 0.15) is 16.7 Å². The summed E-state index contributed by atoms with van der Waals surface area (Å²) >= 11 is 0. The highest BCUT2D eigenvalue weighted by atomic mass is 16.3. The Labute approximate surface area is 102 Å². The van der Waals surface area contributed by atoms with Crippen LogP contribution in [0.5, 0.6) is 5.75 Å². The zero-order chi connectivity index (χ0) is 12.3. The molecule has 88 valence electrons. The van der Waals surface area contributed by atoms with Crippen molar-refractivity contribution in [3.63, 3.8) is 0 Å². The van der Waals surface area contributed by atoms with Crippen molar-refractivity contribution in [3.8, 4) is 5.75 Å². The summed E-state index contributed by atoms with van der Waals surface area (Å²) in [5, 5.41) is 12.7. The smallest absolute Gasteiger partial charge is 0.115 e. The Kier molecular flexibility index (Phi) is 3.33. The van der Waals surface area contributed by atoms with E-state index in [1.165, 1.54) is 11.1 Å². The van der Waals surface area contributed by atoms with Crippen LogP contribution in [0.25, 0.3) is 0 Å². The highest BCUT2D eigenvalue weighted by Crippen LogP contribution is 2.16. The molecular formula is C15H17NO. The number of rotatable bonds is 3. The molecule has 0 aliphatic carbocycles. The van der Waals surface area contributed by atoms with Crippen molar-refractivity contribution in [1.29, 1.82) is 0 Å². The number of nitrogens with one attached hydrogen (secondary N) is 1. The van der Waals surface area contributed by atoms with Crippen LogP contribution in [0.4, 0.5) is 5.69 Å². The van der Waals surface area contributed by atoms with Crippen LogP contribution < -0.4 is 5.32 Å². The number of aromatic hydroxyl groups is 1. The van der Waals surface area contributed by atoms with Gasteiger partial charge in [0.05, 0.1) is 0 Å². The quantitative estimate of drug-likeness (QED) is 0.839. The van der Waals surface area contributed by atoms with Gasteiger partial charge in [-0.3, -0.25) is 0 Å². The zero-order valence-electron chi connectivity index (χ0n) is 10.2. The second-order valence-corrected chi connectivity index (χ2v) is 4.40. The first-order valence-electron chi connectivity index (χ1n) is 5.73. The van der Waals surface area contributed by atoms with Gasteiger partial charge in [0.25, 0.3) is 0 Å². The van der Waals surface area contributed by atoms with Crippen LogP contribution in [0, 0.1) is 13.8 Å². The van der Waals surface area contributed by atoms with Crippen molar-refractivity contribution in [2.24, 2.45) is 0 Å². The minimum atomic E-state index is 0.310. The van der Waals surface area contributed by atoms with E-state index in [0.717, 1.165) is 17.8 Å². The Morgan fingerprint density at radius 2 is 1.71 bits per heavy atom. The number of phenolic OH excluding ortho intramolecular Hbond substituents is 1. The Morgan fingerprint density at radius 1 is 1.00 bits per heavy atom. The largest absolute Gasteiger partial charge is 0.508 e. The normalized spacial score (nSPS) is 10.2. The summed E-state index contributed by atoms with van der Waals surface area (Å²) in [4.78, 5) is 0. The number of benzene rings is 2. The van der Waals surface area contributed by atoms with Crippen LogP contribution in [-0.2, 0) is 6.54 Å². The van der Waals surface area contributed by atoms with E-state index >= 15 is 0 Å². The fraction of sp³-hybridized carbons (Fsp3) is 0.200. The van der Waals surface area contributed by atoms with Gasteiger partial charge in [-0.2, -0.15) is 0 Å². The van der Waals surface area contributed by atoms with Gasteiger partial charge in [-0.05, 0) is 54.8 Å². The van der Waals surface area contributed by atoms with Gasteiger partial charge in [-0.25, -0.2) is 0 Å². The number of anilines is 1. The third kappa shape index (κ3) is 3.25. The molecule has 2 heteroatoms. The van der Waals surface area contributed by atoms with Crippen LogP contribution in [0.3, 0.4) is 0 Å². The second kappa shape index (κ2) is 4.91. The van der Waals surface area contributed by atoms with Gasteiger partial charge >= 0.3 is 0 Å². The number of aryl methyl sites for hydroxylation is 2. The Balaban J connectivity index is 2.07. The van der Waals surface area contributed by atoms with Crippen LogP contribution in [0.15, 0.2) is 42.5 Å². The summed E-state index contributed by atoms with van der Waals surface area (Å²) in [6.45, 7) is 4.90. The molecule has 0 radical (unpaired) electrons. The van der Waals surface area contributed by atoms with Crippen molar-refractivity contribution in [3.05, 3.63) is 59.2 Å². The Bertz CT molecular complexity index is 500. The standard InChI is InChI=1S/C15H17NO/c1-11-6-12(2)8-14(7-11)16-10-13-4-3-5-15(17)9-13/h3-9,16-17H,10H2,1-2H3. The van der Waals surface area contributed by atoms with E-state index in [1.807, 2.05) is 12.1 Å². The summed E-state index contributed by atoms with van der Waals surface area (Å²) in [6.07, 6.45) is 0. The summed E-state index contributed by atoms with van der Waals surface area (Å²) < 4.78 is 0. The van der Waals surface area contributed by atoms with Crippen molar-refractivity contribution in [2.75, 3.05) is 5.32 Å². The molecule has 0 bridgehead atoms. The third-order valence-corrected chi connectivity index (χ3v) is 2.63. The molecule has 2 aromatic rings. The molecule has 2 N–H and O–H groups in total. The number of hydrogen-bond donors (Lipinski definition) is 2. The Hall–Kier alpha value is -1.96. The summed E-state index contributed by atoms with van der Waals surface area (Å²) in [5.74, 6) is 0.310. The first kappa shape index (κ1) is 11.5. The topological polar surface area (TPSA) is 32.3 Å². The molecule has 0 spiro atoms. The van der Waals surface area contributed by atoms with Gasteiger partial charge in [-0.15, -0.1) is 0 Å². The first-order valence-corrected chi connectivity index (χ1v) is 5.73. The number of phenols is 1. The van der Waals surface area contributed by atoms with Crippen molar-refractivity contribution in [1.82, 2.24) is 0 Å². The van der Waals surface area contributed by atoms with E-state index in [1.54, 1.807) is 12.1 Å². The predicted octanol–water partition coefficient (Wildman–Crippen LogP) is 3.62. The summed E-state index contributed by atoms with van der Waals surface area (Å²) in [7, 11) is 0. The lowest BCUT2D eigenvalue weighted by atomic mass is 10.1. The van der Waals surface area contributed by atoms with Crippen molar-refractivity contribution < 1.29 is 5.11 Å². The van der Waals surface area contributed by atoms with E-state index in [0.29, 0.717) is 5.75 Å². The molecule has 0 saturated heterocycles. The van der Waals surface area contributed by atoms with Gasteiger partial charge in [0.2, 0.25) is 0 Å². The molecule has 0 aromatic heterocycles. The van der Waals surface area contributed by atoms with E-state index < -0.39 is 0 Å². The van der Waals surface area contributed by atoms with Gasteiger partial charge in [0.15, 0.2) is 0 Å². The molecule has 0 amide bonds. The Morgan fingerprint density at radius 3 is 2.35 bits per heavy atom. The van der Waals surface area contributed by atoms with Crippen LogP contribution >= 0.6 is 0 Å². The zero-order valence-corrected chi connectivity index (χ0v) is 10.2. The fourth-order valence-corrected chi connectivity index (χ4v) is 1.95. The van der Waals surface area contributed by atoms with Gasteiger partial charge < -0.3 is 10.4 Å². The maximum absolute atomic E-state index is 9.37. The maximum Gasteiger partial charge on any atom is 0.115 e. The molecule has 0 aliphatic rings. The minimum absolute atomic E-state index is 0.310. The first-order chi connectivity index (χ1) is 8.13. The minimum Gasteiger partial charge on any atom is -0.508 e. The predicted molar refractivity (Wildman–Crippen MR) is 71.3 cm³/mol.